The van der Waals surface area contributed by atoms with Gasteiger partial charge in [0.2, 0.25) is 0 Å². The van der Waals surface area contributed by atoms with Crippen LogP contribution in [-0.2, 0) is 22.5 Å². The van der Waals surface area contributed by atoms with E-state index in [1.54, 1.807) is 0 Å². The molecule has 136 valence electrons. The van der Waals surface area contributed by atoms with Crippen LogP contribution in [0.4, 0.5) is 9.80 Å². The van der Waals surface area contributed by atoms with E-state index in [1.165, 1.54) is 16.2 Å². The lowest BCUT2D eigenvalue weighted by Gasteiger charge is -2.29. The highest BCUT2D eigenvalue weighted by Crippen LogP contribution is 2.39. The Labute approximate surface area is 151 Å². The van der Waals surface area contributed by atoms with E-state index in [4.69, 9.17) is 9.47 Å². The largest absolute Gasteiger partial charge is 0.370 e. The number of nitriles is 1. The van der Waals surface area contributed by atoms with Crippen LogP contribution in [0.3, 0.4) is 0 Å². The number of carbonyl (C=O) groups is 1. The van der Waals surface area contributed by atoms with Gasteiger partial charge >= 0.3 is 6.03 Å². The van der Waals surface area contributed by atoms with E-state index in [9.17, 15) is 10.1 Å². The second-order valence-corrected chi connectivity index (χ2v) is 8.14. The summed E-state index contributed by atoms with van der Waals surface area (Å²) < 4.78 is 11.1. The fraction of sp³-hybridized carbons (Fsp3) is 0.647. The summed E-state index contributed by atoms with van der Waals surface area (Å²) in [6.45, 7) is 9.54. The van der Waals surface area contributed by atoms with Crippen molar-refractivity contribution in [2.45, 2.75) is 32.5 Å². The molecule has 7 nitrogen and oxygen atoms in total. The molecule has 25 heavy (non-hydrogen) atoms. The van der Waals surface area contributed by atoms with Crippen LogP contribution >= 0.6 is 11.3 Å². The number of morpholine rings is 1. The lowest BCUT2D eigenvalue weighted by Crippen LogP contribution is -3.14. The molecular weight excluding hydrogens is 340 g/mol. The zero-order chi connectivity index (χ0) is 17.9. The Balaban J connectivity index is 1.56. The average Bonchev–Trinajstić information content (AvgIpc) is 2.90. The van der Waals surface area contributed by atoms with Crippen LogP contribution in [0.15, 0.2) is 0 Å². The first-order valence-corrected chi connectivity index (χ1v) is 9.45. The van der Waals surface area contributed by atoms with Gasteiger partial charge in [0.1, 0.15) is 24.2 Å². The molecule has 0 bridgehead atoms. The van der Waals surface area contributed by atoms with Crippen LogP contribution in [0.25, 0.3) is 0 Å². The molecule has 3 heterocycles. The van der Waals surface area contributed by atoms with Crippen LogP contribution in [0.2, 0.25) is 0 Å². The van der Waals surface area contributed by atoms with E-state index < -0.39 is 0 Å². The van der Waals surface area contributed by atoms with Crippen molar-refractivity contribution in [3.05, 3.63) is 16.0 Å². The average molecular weight is 365 g/mol. The van der Waals surface area contributed by atoms with Gasteiger partial charge in [-0.3, -0.25) is 5.32 Å². The summed E-state index contributed by atoms with van der Waals surface area (Å²) in [6.07, 6.45) is 0.686. The van der Waals surface area contributed by atoms with Crippen LogP contribution in [-0.4, -0.2) is 51.0 Å². The zero-order valence-corrected chi connectivity index (χ0v) is 15.6. The van der Waals surface area contributed by atoms with Crippen molar-refractivity contribution in [3.8, 4) is 6.07 Å². The van der Waals surface area contributed by atoms with E-state index in [1.807, 2.05) is 13.8 Å². The Morgan fingerprint density at radius 1 is 1.40 bits per heavy atom. The number of rotatable bonds is 4. The van der Waals surface area contributed by atoms with Crippen molar-refractivity contribution in [2.24, 2.45) is 0 Å². The van der Waals surface area contributed by atoms with E-state index in [2.05, 4.69) is 16.7 Å². The molecule has 3 N–H and O–H groups in total. The molecule has 1 fully saturated rings. The maximum absolute atomic E-state index is 12.2. The number of anilines is 1. The fourth-order valence-corrected chi connectivity index (χ4v) is 4.25. The number of hydrogen-bond acceptors (Lipinski definition) is 5. The molecule has 1 aromatic heterocycles. The highest BCUT2D eigenvalue weighted by Gasteiger charge is 2.31. The summed E-state index contributed by atoms with van der Waals surface area (Å²) in [7, 11) is 0. The Hall–Kier alpha value is -1.66. The summed E-state index contributed by atoms with van der Waals surface area (Å²) >= 11 is 1.44. The molecule has 1 aromatic rings. The van der Waals surface area contributed by atoms with Gasteiger partial charge in [-0.15, -0.1) is 11.3 Å². The van der Waals surface area contributed by atoms with Gasteiger partial charge in [-0.1, -0.05) is 0 Å². The molecule has 0 radical (unpaired) electrons. The van der Waals surface area contributed by atoms with Crippen LogP contribution in [0.1, 0.15) is 29.9 Å². The summed E-state index contributed by atoms with van der Waals surface area (Å²) in [5.41, 5.74) is 1.31. The Morgan fingerprint density at radius 2 is 2.16 bits per heavy atom. The summed E-state index contributed by atoms with van der Waals surface area (Å²) in [5, 5.41) is 15.9. The highest BCUT2D eigenvalue weighted by molar-refractivity contribution is 7.16. The first kappa shape index (κ1) is 18.1. The van der Waals surface area contributed by atoms with Crippen molar-refractivity contribution in [1.29, 1.82) is 5.26 Å². The van der Waals surface area contributed by atoms with Gasteiger partial charge in [0.25, 0.3) is 0 Å². The maximum atomic E-state index is 12.2. The first-order valence-electron chi connectivity index (χ1n) is 8.63. The van der Waals surface area contributed by atoms with Crippen molar-refractivity contribution in [3.63, 3.8) is 0 Å². The Kier molecular flexibility index (Phi) is 5.59. The number of urea groups is 1. The molecule has 0 unspecified atom stereocenters. The van der Waals surface area contributed by atoms with Crippen LogP contribution < -0.4 is 15.5 Å². The number of fused-ring (bicyclic) bond motifs is 1. The lowest BCUT2D eigenvalue weighted by atomic mass is 9.93. The number of nitrogens with one attached hydrogen (secondary N) is 3. The van der Waals surface area contributed by atoms with Crippen molar-refractivity contribution in [2.75, 3.05) is 44.7 Å². The summed E-state index contributed by atoms with van der Waals surface area (Å²) in [5.74, 6) is 0. The Morgan fingerprint density at radius 3 is 2.88 bits per heavy atom. The third-order valence-corrected chi connectivity index (χ3v) is 5.71. The highest BCUT2D eigenvalue weighted by atomic mass is 32.1. The SMILES string of the molecule is CC1(C)Cc2c(sc(NC(=O)NCC[NH+]3CCOCC3)c2C#N)CO1. The minimum Gasteiger partial charge on any atom is -0.370 e. The van der Waals surface area contributed by atoms with Gasteiger partial charge in [0.15, 0.2) is 0 Å². The standard InChI is InChI=1S/C17H24N4O3S/c1-17(2)9-12-13(10-18)15(25-14(12)11-24-17)20-16(22)19-3-4-21-5-7-23-8-6-21/h3-9,11H2,1-2H3,(H2,19,20,22)/p+1. The second-order valence-electron chi connectivity index (χ2n) is 7.04. The molecule has 2 aliphatic heterocycles. The molecule has 0 saturated carbocycles. The van der Waals surface area contributed by atoms with Gasteiger partial charge in [-0.25, -0.2) is 4.79 Å². The third kappa shape index (κ3) is 4.50. The predicted molar refractivity (Wildman–Crippen MR) is 95.0 cm³/mol. The lowest BCUT2D eigenvalue weighted by molar-refractivity contribution is -0.906. The second kappa shape index (κ2) is 7.70. The van der Waals surface area contributed by atoms with Gasteiger partial charge in [-0.2, -0.15) is 5.26 Å². The van der Waals surface area contributed by atoms with E-state index in [0.29, 0.717) is 30.1 Å². The third-order valence-electron chi connectivity index (χ3n) is 4.59. The molecule has 0 aromatic carbocycles. The molecule has 2 aliphatic rings. The molecule has 0 atom stereocenters. The van der Waals surface area contributed by atoms with Crippen LogP contribution in [0, 0.1) is 11.3 Å². The number of thiophene rings is 1. The molecule has 8 heteroatoms. The quantitative estimate of drug-likeness (QED) is 0.725. The molecule has 1 saturated heterocycles. The molecule has 2 amide bonds. The number of hydrogen-bond donors (Lipinski definition) is 3. The first-order chi connectivity index (χ1) is 12.0. The van der Waals surface area contributed by atoms with Crippen molar-refractivity contribution < 1.29 is 19.2 Å². The number of amides is 2. The normalized spacial score (nSPS) is 19.7. The van der Waals surface area contributed by atoms with E-state index >= 15 is 0 Å². The number of ether oxygens (including phenoxy) is 2. The molecule has 3 rings (SSSR count). The topological polar surface area (TPSA) is 87.8 Å². The smallest absolute Gasteiger partial charge is 0.320 e. The number of carbonyl (C=O) groups excluding carboxylic acids is 1. The monoisotopic (exact) mass is 365 g/mol. The van der Waals surface area contributed by atoms with E-state index in [-0.39, 0.29) is 11.6 Å². The number of nitrogens with zero attached hydrogens (tertiary/aromatic N) is 1. The predicted octanol–water partition coefficient (Wildman–Crippen LogP) is 0.508. The van der Waals surface area contributed by atoms with Crippen LogP contribution in [0.5, 0.6) is 0 Å². The molecular formula is C17H25N4O3S+. The van der Waals surface area contributed by atoms with Gasteiger partial charge < -0.3 is 19.7 Å². The van der Waals surface area contributed by atoms with Crippen molar-refractivity contribution >= 4 is 22.4 Å². The minimum atomic E-state index is -0.278. The maximum Gasteiger partial charge on any atom is 0.320 e. The van der Waals surface area contributed by atoms with Crippen molar-refractivity contribution in [1.82, 2.24) is 5.32 Å². The Bertz CT molecular complexity index is 674. The van der Waals surface area contributed by atoms with Gasteiger partial charge in [0.05, 0.1) is 44.1 Å². The number of quaternary nitrogens is 1. The summed E-state index contributed by atoms with van der Waals surface area (Å²) in [4.78, 5) is 14.6. The van der Waals surface area contributed by atoms with Gasteiger partial charge in [0, 0.05) is 11.3 Å². The fourth-order valence-electron chi connectivity index (χ4n) is 3.17. The van der Waals surface area contributed by atoms with Gasteiger partial charge in [-0.05, 0) is 19.4 Å². The van der Waals surface area contributed by atoms with E-state index in [0.717, 1.165) is 43.3 Å². The summed E-state index contributed by atoms with van der Waals surface area (Å²) in [6, 6.07) is 1.99. The molecule has 0 aliphatic carbocycles. The molecule has 0 spiro atoms. The minimum absolute atomic E-state index is 0.261. The zero-order valence-electron chi connectivity index (χ0n) is 14.7.